The van der Waals surface area contributed by atoms with E-state index in [1.807, 2.05) is 19.1 Å². The third kappa shape index (κ3) is 5.14. The fourth-order valence-corrected chi connectivity index (χ4v) is 4.16. The number of hydrogen-bond donors (Lipinski definition) is 1. The molecule has 0 spiro atoms. The van der Waals surface area contributed by atoms with Crippen LogP contribution in [-0.2, 0) is 29.0 Å². The highest BCUT2D eigenvalue weighted by Gasteiger charge is 2.26. The van der Waals surface area contributed by atoms with Crippen molar-refractivity contribution in [3.8, 4) is 16.9 Å². The molecule has 0 saturated heterocycles. The third-order valence-corrected chi connectivity index (χ3v) is 5.74. The Balaban J connectivity index is 1.70. The molecule has 0 bridgehead atoms. The van der Waals surface area contributed by atoms with E-state index in [2.05, 4.69) is 4.98 Å². The molecule has 0 aliphatic carbocycles. The number of aromatic nitrogens is 1. The average molecular weight is 461 g/mol. The van der Waals surface area contributed by atoms with Gasteiger partial charge in [0.05, 0.1) is 18.7 Å². The third-order valence-electron chi connectivity index (χ3n) is 5.74. The monoisotopic (exact) mass is 460 g/mol. The zero-order chi connectivity index (χ0) is 24.1. The Kier molecular flexibility index (Phi) is 7.01. The Morgan fingerprint density at radius 2 is 2.00 bits per heavy atom. The molecule has 1 aliphatic heterocycles. The van der Waals surface area contributed by atoms with Gasteiger partial charge in [-0.15, -0.1) is 0 Å². The summed E-state index contributed by atoms with van der Waals surface area (Å²) in [5, 5.41) is 9.22. The van der Waals surface area contributed by atoms with E-state index in [0.717, 1.165) is 5.56 Å². The lowest BCUT2D eigenvalue weighted by atomic mass is 9.89. The van der Waals surface area contributed by atoms with E-state index in [1.165, 1.54) is 12.1 Å². The molecule has 174 valence electrons. The molecule has 1 N–H and O–H groups in total. The van der Waals surface area contributed by atoms with Crippen LogP contribution >= 0.6 is 0 Å². The van der Waals surface area contributed by atoms with E-state index in [1.54, 1.807) is 47.5 Å². The van der Waals surface area contributed by atoms with E-state index in [4.69, 9.17) is 4.74 Å². The first-order valence-corrected chi connectivity index (χ1v) is 11.1. The lowest BCUT2D eigenvalue weighted by Gasteiger charge is -2.30. The number of fused-ring (bicyclic) bond motifs is 1. The van der Waals surface area contributed by atoms with E-state index in [0.29, 0.717) is 53.3 Å². The highest BCUT2D eigenvalue weighted by atomic mass is 19.1. The first-order chi connectivity index (χ1) is 16.5. The van der Waals surface area contributed by atoms with Crippen LogP contribution in [0.4, 0.5) is 4.39 Å². The van der Waals surface area contributed by atoms with Gasteiger partial charge in [-0.1, -0.05) is 18.2 Å². The molecular formula is C27H25FN2O4. The van der Waals surface area contributed by atoms with Gasteiger partial charge in [-0.05, 0) is 72.0 Å². The molecule has 6 nitrogen and oxygen atoms in total. The Morgan fingerprint density at radius 3 is 2.74 bits per heavy atom. The van der Waals surface area contributed by atoms with E-state index in [-0.39, 0.29) is 24.7 Å². The van der Waals surface area contributed by atoms with Gasteiger partial charge in [0.1, 0.15) is 11.6 Å². The predicted molar refractivity (Wildman–Crippen MR) is 127 cm³/mol. The van der Waals surface area contributed by atoms with Gasteiger partial charge in [0.25, 0.3) is 0 Å². The Morgan fingerprint density at radius 1 is 1.15 bits per heavy atom. The molecule has 4 rings (SSSR count). The van der Waals surface area contributed by atoms with Crippen LogP contribution in [0.2, 0.25) is 0 Å². The average Bonchev–Trinajstić information content (AvgIpc) is 2.84. The van der Waals surface area contributed by atoms with Gasteiger partial charge in [-0.2, -0.15) is 0 Å². The number of carbonyl (C=O) groups excluding carboxylic acids is 1. The molecule has 3 aromatic rings. The van der Waals surface area contributed by atoms with Crippen molar-refractivity contribution in [2.75, 3.05) is 13.2 Å². The van der Waals surface area contributed by atoms with Crippen molar-refractivity contribution in [2.45, 2.75) is 26.3 Å². The van der Waals surface area contributed by atoms with Crippen LogP contribution in [0.1, 0.15) is 29.3 Å². The summed E-state index contributed by atoms with van der Waals surface area (Å²) in [4.78, 5) is 30.0. The van der Waals surface area contributed by atoms with Crippen LogP contribution in [0, 0.1) is 5.82 Å². The molecular weight excluding hydrogens is 435 g/mol. The number of carboxylic acids is 1. The van der Waals surface area contributed by atoms with Gasteiger partial charge in [-0.3, -0.25) is 14.6 Å². The number of rotatable bonds is 7. The normalized spacial score (nSPS) is 13.1. The number of pyridine rings is 1. The number of ether oxygens (including phenoxy) is 1. The number of carboxylic acid groups (broad SMARTS) is 1. The quantitative estimate of drug-likeness (QED) is 0.525. The molecule has 1 amide bonds. The second kappa shape index (κ2) is 10.3. The van der Waals surface area contributed by atoms with Gasteiger partial charge < -0.3 is 14.7 Å². The summed E-state index contributed by atoms with van der Waals surface area (Å²) in [6.07, 6.45) is 5.05. The van der Waals surface area contributed by atoms with Crippen molar-refractivity contribution in [1.82, 2.24) is 9.88 Å². The van der Waals surface area contributed by atoms with E-state index in [9.17, 15) is 19.1 Å². The number of amides is 1. The topological polar surface area (TPSA) is 79.7 Å². The SMILES string of the molecule is CCOc1ccc(CC(=O)O)cc1-c1ccc(F)c2c1CN(C(=O)C=Cc1ccccn1)CC2. The fraction of sp³-hybridized carbons (Fsp3) is 0.222. The van der Waals surface area contributed by atoms with Crippen molar-refractivity contribution in [1.29, 1.82) is 0 Å². The van der Waals surface area contributed by atoms with Crippen molar-refractivity contribution in [2.24, 2.45) is 0 Å². The highest BCUT2D eigenvalue weighted by molar-refractivity contribution is 5.92. The lowest BCUT2D eigenvalue weighted by molar-refractivity contribution is -0.136. The minimum Gasteiger partial charge on any atom is -0.493 e. The summed E-state index contributed by atoms with van der Waals surface area (Å²) in [6, 6.07) is 13.8. The maximum absolute atomic E-state index is 14.7. The largest absolute Gasteiger partial charge is 0.493 e. The van der Waals surface area contributed by atoms with Gasteiger partial charge in [0.15, 0.2) is 0 Å². The summed E-state index contributed by atoms with van der Waals surface area (Å²) in [5.41, 5.74) is 4.00. The summed E-state index contributed by atoms with van der Waals surface area (Å²) < 4.78 is 20.5. The van der Waals surface area contributed by atoms with Crippen LogP contribution in [0.5, 0.6) is 5.75 Å². The number of halogens is 1. The zero-order valence-corrected chi connectivity index (χ0v) is 18.8. The van der Waals surface area contributed by atoms with Gasteiger partial charge in [0.2, 0.25) is 5.91 Å². The fourth-order valence-electron chi connectivity index (χ4n) is 4.16. The molecule has 0 radical (unpaired) electrons. The van der Waals surface area contributed by atoms with Gasteiger partial charge in [0, 0.05) is 30.9 Å². The number of aliphatic carboxylic acids is 1. The molecule has 1 aromatic heterocycles. The second-order valence-electron chi connectivity index (χ2n) is 7.98. The smallest absolute Gasteiger partial charge is 0.307 e. The van der Waals surface area contributed by atoms with Crippen LogP contribution in [-0.4, -0.2) is 40.0 Å². The van der Waals surface area contributed by atoms with Crippen LogP contribution in [0.3, 0.4) is 0 Å². The minimum atomic E-state index is -0.937. The van der Waals surface area contributed by atoms with Gasteiger partial charge in [-0.25, -0.2) is 4.39 Å². The molecule has 0 fully saturated rings. The molecule has 2 heterocycles. The van der Waals surface area contributed by atoms with Crippen molar-refractivity contribution >= 4 is 18.0 Å². The number of carbonyl (C=O) groups is 2. The molecule has 34 heavy (non-hydrogen) atoms. The summed E-state index contributed by atoms with van der Waals surface area (Å²) in [5.74, 6) is -0.845. The van der Waals surface area contributed by atoms with E-state index < -0.39 is 5.97 Å². The van der Waals surface area contributed by atoms with Crippen molar-refractivity contribution in [3.63, 3.8) is 0 Å². The standard InChI is InChI=1S/C27H25FN2O4/c1-2-34-25-10-6-18(16-27(32)33)15-22(25)20-8-9-24(28)21-12-14-30(17-23(20)21)26(31)11-7-19-5-3-4-13-29-19/h3-11,13,15H,2,12,14,16-17H2,1H3,(H,32,33). The maximum Gasteiger partial charge on any atom is 0.307 e. The summed E-state index contributed by atoms with van der Waals surface area (Å²) in [7, 11) is 0. The Labute approximate surface area is 197 Å². The lowest BCUT2D eigenvalue weighted by Crippen LogP contribution is -2.35. The second-order valence-corrected chi connectivity index (χ2v) is 7.98. The number of nitrogens with zero attached hydrogens (tertiary/aromatic N) is 2. The summed E-state index contributed by atoms with van der Waals surface area (Å²) >= 11 is 0. The Hall–Kier alpha value is -4.00. The van der Waals surface area contributed by atoms with Crippen molar-refractivity contribution in [3.05, 3.63) is 89.0 Å². The number of hydrogen-bond acceptors (Lipinski definition) is 4. The van der Waals surface area contributed by atoms with E-state index >= 15 is 0 Å². The first-order valence-electron chi connectivity index (χ1n) is 11.1. The maximum atomic E-state index is 14.7. The minimum absolute atomic E-state index is 0.133. The molecule has 7 heteroatoms. The zero-order valence-electron chi connectivity index (χ0n) is 18.8. The molecule has 2 aromatic carbocycles. The van der Waals surface area contributed by atoms with Crippen molar-refractivity contribution < 1.29 is 23.8 Å². The van der Waals surface area contributed by atoms with Crippen LogP contribution in [0.15, 0.2) is 60.8 Å². The number of benzene rings is 2. The molecule has 1 aliphatic rings. The molecule has 0 unspecified atom stereocenters. The van der Waals surface area contributed by atoms with Gasteiger partial charge >= 0.3 is 5.97 Å². The van der Waals surface area contributed by atoms with Crippen LogP contribution < -0.4 is 4.74 Å². The summed E-state index contributed by atoms with van der Waals surface area (Å²) in [6.45, 7) is 2.93. The first kappa shape index (κ1) is 23.2. The highest BCUT2D eigenvalue weighted by Crippen LogP contribution is 2.38. The molecule has 0 atom stereocenters. The van der Waals surface area contributed by atoms with Crippen LogP contribution in [0.25, 0.3) is 17.2 Å². The molecule has 0 saturated carbocycles. The Bertz CT molecular complexity index is 1240. The predicted octanol–water partition coefficient (Wildman–Crippen LogP) is 4.51.